The number of rotatable bonds is 12. The molecule has 36 heavy (non-hydrogen) atoms. The SMILES string of the molecule is CCCON(CCC)C(=O)CN1C[C@H](c2ccc3c(c2)OCO3)C(C(=O)O)[C@@H]1CCC1CCCCO1. The Kier molecular flexibility index (Phi) is 9.45. The van der Waals surface area contributed by atoms with Gasteiger partial charge in [0.25, 0.3) is 5.91 Å². The van der Waals surface area contributed by atoms with Gasteiger partial charge < -0.3 is 19.3 Å². The standard InChI is InChI=1S/C27H40N2O7/c1-3-12-29(36-13-4-2)25(30)17-28-16-21(19-8-11-23-24(15-19)35-18-34-23)26(27(31)32)22(28)10-9-20-7-5-6-14-33-20/h8,11,15,20-22,26H,3-7,9-10,12-14,16-18H2,1-2H3,(H,31,32)/t20?,21-,22+,26?/m1/s1. The van der Waals surface area contributed by atoms with E-state index in [1.54, 1.807) is 0 Å². The maximum Gasteiger partial charge on any atom is 0.308 e. The Morgan fingerprint density at radius 3 is 2.69 bits per heavy atom. The van der Waals surface area contributed by atoms with Gasteiger partial charge in [-0.2, -0.15) is 0 Å². The third-order valence-corrected chi connectivity index (χ3v) is 7.41. The topological polar surface area (TPSA) is 97.8 Å². The van der Waals surface area contributed by atoms with Crippen LogP contribution in [-0.2, 0) is 19.2 Å². The number of carbonyl (C=O) groups is 2. The normalized spacial score (nSPS) is 25.7. The van der Waals surface area contributed by atoms with Crippen molar-refractivity contribution in [3.05, 3.63) is 23.8 Å². The highest BCUT2D eigenvalue weighted by Gasteiger charge is 2.47. The molecule has 3 heterocycles. The molecule has 0 saturated carbocycles. The van der Waals surface area contributed by atoms with Crippen molar-refractivity contribution in [3.63, 3.8) is 0 Å². The van der Waals surface area contributed by atoms with Crippen LogP contribution in [0.4, 0.5) is 0 Å². The molecule has 4 rings (SSSR count). The molecule has 2 unspecified atom stereocenters. The van der Waals surface area contributed by atoms with Gasteiger partial charge in [0.15, 0.2) is 11.5 Å². The molecule has 1 aromatic rings. The molecule has 200 valence electrons. The summed E-state index contributed by atoms with van der Waals surface area (Å²) in [5, 5.41) is 11.8. The largest absolute Gasteiger partial charge is 0.481 e. The summed E-state index contributed by atoms with van der Waals surface area (Å²) in [5.41, 5.74) is 0.896. The van der Waals surface area contributed by atoms with Gasteiger partial charge in [-0.05, 0) is 62.6 Å². The Morgan fingerprint density at radius 1 is 1.14 bits per heavy atom. The average molecular weight is 505 g/mol. The summed E-state index contributed by atoms with van der Waals surface area (Å²) in [6.45, 7) is 6.55. The minimum absolute atomic E-state index is 0.125. The first-order valence-electron chi connectivity index (χ1n) is 13.4. The van der Waals surface area contributed by atoms with Crippen molar-refractivity contribution < 1.29 is 33.7 Å². The molecule has 9 nitrogen and oxygen atoms in total. The monoisotopic (exact) mass is 504 g/mol. The zero-order chi connectivity index (χ0) is 25.5. The van der Waals surface area contributed by atoms with Crippen molar-refractivity contribution in [3.8, 4) is 11.5 Å². The van der Waals surface area contributed by atoms with Crippen molar-refractivity contribution in [1.82, 2.24) is 9.96 Å². The highest BCUT2D eigenvalue weighted by molar-refractivity contribution is 5.78. The second kappa shape index (κ2) is 12.7. The maximum absolute atomic E-state index is 13.3. The van der Waals surface area contributed by atoms with Gasteiger partial charge in [0.1, 0.15) is 0 Å². The van der Waals surface area contributed by atoms with E-state index in [1.807, 2.05) is 32.0 Å². The molecule has 0 aromatic heterocycles. The van der Waals surface area contributed by atoms with Crippen LogP contribution in [0.15, 0.2) is 18.2 Å². The number of hydrogen-bond acceptors (Lipinski definition) is 7. The molecule has 4 atom stereocenters. The molecular weight excluding hydrogens is 464 g/mol. The number of ether oxygens (including phenoxy) is 3. The van der Waals surface area contributed by atoms with Gasteiger partial charge in [0, 0.05) is 31.7 Å². The quantitative estimate of drug-likeness (QED) is 0.429. The second-order valence-corrected chi connectivity index (χ2v) is 9.98. The number of likely N-dealkylation sites (tertiary alicyclic amines) is 1. The van der Waals surface area contributed by atoms with Gasteiger partial charge in [0.05, 0.1) is 25.2 Å². The fourth-order valence-electron chi connectivity index (χ4n) is 5.64. The Morgan fingerprint density at radius 2 is 1.97 bits per heavy atom. The molecule has 2 fully saturated rings. The molecule has 1 amide bonds. The fraction of sp³-hybridized carbons (Fsp3) is 0.704. The molecule has 2 saturated heterocycles. The van der Waals surface area contributed by atoms with Crippen LogP contribution < -0.4 is 9.47 Å². The Balaban J connectivity index is 1.56. The molecule has 3 aliphatic rings. The molecule has 0 bridgehead atoms. The van der Waals surface area contributed by atoms with Gasteiger partial charge in [-0.3, -0.25) is 19.3 Å². The van der Waals surface area contributed by atoms with Gasteiger partial charge >= 0.3 is 5.97 Å². The molecule has 0 spiro atoms. The third-order valence-electron chi connectivity index (χ3n) is 7.41. The van der Waals surface area contributed by atoms with E-state index in [4.69, 9.17) is 19.0 Å². The van der Waals surface area contributed by atoms with Crippen molar-refractivity contribution in [2.75, 3.05) is 39.6 Å². The van der Waals surface area contributed by atoms with Crippen molar-refractivity contribution >= 4 is 11.9 Å². The number of hydroxylamine groups is 2. The van der Waals surface area contributed by atoms with Crippen LogP contribution in [0, 0.1) is 5.92 Å². The number of amides is 1. The van der Waals surface area contributed by atoms with Crippen molar-refractivity contribution in [2.24, 2.45) is 5.92 Å². The smallest absolute Gasteiger partial charge is 0.308 e. The van der Waals surface area contributed by atoms with Crippen LogP contribution in [-0.4, -0.2) is 78.7 Å². The first-order chi connectivity index (χ1) is 17.5. The minimum atomic E-state index is -0.838. The molecule has 3 aliphatic heterocycles. The molecule has 0 radical (unpaired) electrons. The second-order valence-electron chi connectivity index (χ2n) is 9.98. The Labute approximate surface area is 213 Å². The Hall–Kier alpha value is -2.36. The lowest BCUT2D eigenvalue weighted by molar-refractivity contribution is -0.188. The van der Waals surface area contributed by atoms with E-state index in [-0.39, 0.29) is 37.3 Å². The number of carbonyl (C=O) groups excluding carboxylic acids is 1. The van der Waals surface area contributed by atoms with Gasteiger partial charge in [0.2, 0.25) is 6.79 Å². The van der Waals surface area contributed by atoms with Crippen LogP contribution in [0.2, 0.25) is 0 Å². The highest BCUT2D eigenvalue weighted by Crippen LogP contribution is 2.43. The van der Waals surface area contributed by atoms with E-state index in [2.05, 4.69) is 4.90 Å². The lowest BCUT2D eigenvalue weighted by Crippen LogP contribution is -2.44. The first-order valence-corrected chi connectivity index (χ1v) is 13.4. The molecule has 1 N–H and O–H groups in total. The van der Waals surface area contributed by atoms with Gasteiger partial charge in [-0.25, -0.2) is 5.06 Å². The zero-order valence-corrected chi connectivity index (χ0v) is 21.5. The number of fused-ring (bicyclic) bond motifs is 1. The van der Waals surface area contributed by atoms with Crippen LogP contribution in [0.1, 0.15) is 70.3 Å². The van der Waals surface area contributed by atoms with E-state index >= 15 is 0 Å². The van der Waals surface area contributed by atoms with E-state index in [1.165, 1.54) is 5.06 Å². The van der Waals surface area contributed by atoms with Crippen LogP contribution >= 0.6 is 0 Å². The summed E-state index contributed by atoms with van der Waals surface area (Å²) >= 11 is 0. The number of carboxylic acids is 1. The van der Waals surface area contributed by atoms with E-state index in [0.717, 1.165) is 50.7 Å². The maximum atomic E-state index is 13.3. The molecule has 1 aromatic carbocycles. The van der Waals surface area contributed by atoms with E-state index in [9.17, 15) is 14.7 Å². The number of aliphatic carboxylic acids is 1. The van der Waals surface area contributed by atoms with Crippen molar-refractivity contribution in [2.45, 2.75) is 76.9 Å². The molecule has 9 heteroatoms. The lowest BCUT2D eigenvalue weighted by atomic mass is 9.83. The summed E-state index contributed by atoms with van der Waals surface area (Å²) in [7, 11) is 0. The lowest BCUT2D eigenvalue weighted by Gasteiger charge is -2.31. The summed E-state index contributed by atoms with van der Waals surface area (Å²) in [6, 6.07) is 5.39. The van der Waals surface area contributed by atoms with E-state index < -0.39 is 11.9 Å². The number of carboxylic acid groups (broad SMARTS) is 1. The molecular formula is C27H40N2O7. The van der Waals surface area contributed by atoms with Gasteiger partial charge in [-0.1, -0.05) is 19.9 Å². The van der Waals surface area contributed by atoms with Crippen LogP contribution in [0.25, 0.3) is 0 Å². The van der Waals surface area contributed by atoms with Crippen LogP contribution in [0.3, 0.4) is 0 Å². The zero-order valence-electron chi connectivity index (χ0n) is 21.5. The van der Waals surface area contributed by atoms with Crippen molar-refractivity contribution in [1.29, 1.82) is 0 Å². The predicted octanol–water partition coefficient (Wildman–Crippen LogP) is 3.81. The van der Waals surface area contributed by atoms with E-state index in [0.29, 0.717) is 37.6 Å². The highest BCUT2D eigenvalue weighted by atomic mass is 16.7. The third kappa shape index (κ3) is 6.30. The first kappa shape index (κ1) is 26.7. The average Bonchev–Trinajstić information content (AvgIpc) is 3.50. The van der Waals surface area contributed by atoms with Gasteiger partial charge in [-0.15, -0.1) is 0 Å². The number of nitrogens with zero attached hydrogens (tertiary/aromatic N) is 2. The number of benzene rings is 1. The summed E-state index contributed by atoms with van der Waals surface area (Å²) in [4.78, 5) is 33.7. The summed E-state index contributed by atoms with van der Waals surface area (Å²) in [6.07, 6.45) is 6.43. The van der Waals surface area contributed by atoms with Crippen LogP contribution in [0.5, 0.6) is 11.5 Å². The minimum Gasteiger partial charge on any atom is -0.481 e. The fourth-order valence-corrected chi connectivity index (χ4v) is 5.64. The number of hydrogen-bond donors (Lipinski definition) is 1. The summed E-state index contributed by atoms with van der Waals surface area (Å²) in [5.74, 6) is -0.559. The predicted molar refractivity (Wildman–Crippen MR) is 133 cm³/mol. The molecule has 0 aliphatic carbocycles. The summed E-state index contributed by atoms with van der Waals surface area (Å²) < 4.78 is 16.9. The Bertz CT molecular complexity index is 889.